The fourth-order valence-electron chi connectivity index (χ4n) is 4.02. The summed E-state index contributed by atoms with van der Waals surface area (Å²) in [5.74, 6) is -3.12. The maximum atomic E-state index is 13.9. The number of aryl methyl sites for hydroxylation is 1. The monoisotopic (exact) mass is 571 g/mol. The van der Waals surface area contributed by atoms with E-state index in [9.17, 15) is 35.6 Å². The van der Waals surface area contributed by atoms with Crippen LogP contribution in [0.5, 0.6) is 0 Å². The summed E-state index contributed by atoms with van der Waals surface area (Å²) in [5.41, 5.74) is 3.68. The van der Waals surface area contributed by atoms with E-state index in [1.54, 1.807) is 25.1 Å². The number of primary amides is 1. The van der Waals surface area contributed by atoms with Crippen LogP contribution in [-0.2, 0) is 21.0 Å². The number of halogens is 4. The Labute approximate surface area is 226 Å². The second kappa shape index (κ2) is 10.9. The fourth-order valence-corrected chi connectivity index (χ4v) is 5.01. The molecular weight excluding hydrogens is 550 g/mol. The lowest BCUT2D eigenvalue weighted by molar-refractivity contribution is -0.138. The minimum absolute atomic E-state index is 0.0974. The Bertz CT molecular complexity index is 1770. The Balaban J connectivity index is 2.02. The first kappa shape index (κ1) is 28.4. The number of pyridine rings is 1. The highest BCUT2D eigenvalue weighted by Crippen LogP contribution is 2.36. The zero-order valence-electron chi connectivity index (χ0n) is 20.8. The number of amides is 1. The van der Waals surface area contributed by atoms with Crippen LogP contribution in [-0.4, -0.2) is 24.7 Å². The van der Waals surface area contributed by atoms with E-state index in [4.69, 9.17) is 5.73 Å². The molecule has 1 heterocycles. The maximum absolute atomic E-state index is 13.9. The zero-order chi connectivity index (χ0) is 29.2. The van der Waals surface area contributed by atoms with Gasteiger partial charge in [0.25, 0.3) is 10.0 Å². The molecule has 7 nitrogen and oxygen atoms in total. The molecule has 3 aromatic carbocycles. The minimum atomic E-state index is -5.10. The number of benzene rings is 3. The van der Waals surface area contributed by atoms with E-state index in [1.807, 2.05) is 0 Å². The van der Waals surface area contributed by atoms with Gasteiger partial charge in [-0.1, -0.05) is 54.1 Å². The molecule has 1 aromatic heterocycles. The third-order valence-electron chi connectivity index (χ3n) is 5.95. The number of carbonyl (C=O) groups excluding carboxylic acids is 2. The number of ketones is 1. The summed E-state index contributed by atoms with van der Waals surface area (Å²) in [6.07, 6.45) is -4.10. The molecule has 0 aliphatic heterocycles. The molecule has 12 heteroatoms. The van der Waals surface area contributed by atoms with Crippen LogP contribution in [0.15, 0.2) is 100 Å². The summed E-state index contributed by atoms with van der Waals surface area (Å²) in [6.45, 7) is 1.74. The third-order valence-corrected chi connectivity index (χ3v) is 7.24. The van der Waals surface area contributed by atoms with Gasteiger partial charge in [-0.2, -0.15) is 21.6 Å². The van der Waals surface area contributed by atoms with Crippen molar-refractivity contribution in [3.8, 4) is 0 Å². The third kappa shape index (κ3) is 6.01. The highest BCUT2D eigenvalue weighted by molar-refractivity contribution is 7.90. The molecule has 0 aliphatic rings. The van der Waals surface area contributed by atoms with Crippen LogP contribution in [0.2, 0.25) is 0 Å². The van der Waals surface area contributed by atoms with E-state index in [1.165, 1.54) is 42.5 Å². The SMILES string of the molecule is Cc1ccc(S(=O)(=O)/N=c2\ccc(C(=O)c3ccccc3)cn2C(C(N)=O)c2ccc(F)cc2C(F)(F)F)cc1. The Kier molecular flexibility index (Phi) is 7.74. The fraction of sp³-hybridized carbons (Fsp3) is 0.107. The van der Waals surface area contributed by atoms with Gasteiger partial charge < -0.3 is 10.3 Å². The van der Waals surface area contributed by atoms with Crippen LogP contribution < -0.4 is 11.2 Å². The summed E-state index contributed by atoms with van der Waals surface area (Å²) in [5, 5.41) is 0. The van der Waals surface area contributed by atoms with Crippen LogP contribution in [0.25, 0.3) is 0 Å². The summed E-state index contributed by atoms with van der Waals surface area (Å²) in [6, 6.07) is 15.4. The van der Waals surface area contributed by atoms with Gasteiger partial charge in [-0.15, -0.1) is 4.40 Å². The first-order chi connectivity index (χ1) is 18.8. The van der Waals surface area contributed by atoms with E-state index in [2.05, 4.69) is 4.40 Å². The molecule has 0 saturated carbocycles. The molecule has 4 aromatic rings. The van der Waals surface area contributed by atoms with Gasteiger partial charge in [-0.3, -0.25) is 9.59 Å². The molecule has 0 saturated heterocycles. The van der Waals surface area contributed by atoms with Crippen molar-refractivity contribution in [2.24, 2.45) is 10.1 Å². The number of rotatable bonds is 7. The predicted octanol–water partition coefficient (Wildman–Crippen LogP) is 4.55. The standard InChI is InChI=1S/C28H21F4N3O4S/c1-17-7-11-21(12-8-17)40(38,39)34-24-14-9-19(26(36)18-5-3-2-4-6-18)16-35(24)25(27(33)37)22-13-10-20(29)15-23(22)28(30,31)32/h2-16,25H,1H3,(H2,33,37)/b34-24+. The number of carbonyl (C=O) groups is 2. The summed E-state index contributed by atoms with van der Waals surface area (Å²) < 4.78 is 86.4. The second-order valence-corrected chi connectivity index (χ2v) is 10.4. The van der Waals surface area contributed by atoms with Crippen LogP contribution in [0.4, 0.5) is 17.6 Å². The number of aromatic nitrogens is 1. The van der Waals surface area contributed by atoms with Crippen molar-refractivity contribution in [1.29, 1.82) is 0 Å². The quantitative estimate of drug-likeness (QED) is 0.259. The van der Waals surface area contributed by atoms with Crippen molar-refractivity contribution >= 4 is 21.7 Å². The molecule has 4 rings (SSSR count). The Hall–Kier alpha value is -4.58. The molecule has 2 N–H and O–H groups in total. The number of nitrogens with zero attached hydrogens (tertiary/aromatic N) is 2. The van der Waals surface area contributed by atoms with Crippen molar-refractivity contribution in [1.82, 2.24) is 4.57 Å². The second-order valence-electron chi connectivity index (χ2n) is 8.79. The molecule has 0 radical (unpaired) electrons. The highest BCUT2D eigenvalue weighted by Gasteiger charge is 2.38. The number of hydrogen-bond acceptors (Lipinski definition) is 4. The van der Waals surface area contributed by atoms with Gasteiger partial charge in [-0.25, -0.2) is 4.39 Å². The van der Waals surface area contributed by atoms with Gasteiger partial charge in [0.2, 0.25) is 5.91 Å². The van der Waals surface area contributed by atoms with Crippen LogP contribution in [0.1, 0.15) is 38.7 Å². The molecule has 0 spiro atoms. The highest BCUT2D eigenvalue weighted by atomic mass is 32.2. The van der Waals surface area contributed by atoms with Crippen molar-refractivity contribution < 1.29 is 35.6 Å². The maximum Gasteiger partial charge on any atom is 0.416 e. The van der Waals surface area contributed by atoms with Crippen LogP contribution in [0, 0.1) is 12.7 Å². The zero-order valence-corrected chi connectivity index (χ0v) is 21.6. The smallest absolute Gasteiger partial charge is 0.368 e. The minimum Gasteiger partial charge on any atom is -0.368 e. The molecule has 206 valence electrons. The largest absolute Gasteiger partial charge is 0.416 e. The van der Waals surface area contributed by atoms with E-state index < -0.39 is 56.4 Å². The van der Waals surface area contributed by atoms with Crippen molar-refractivity contribution in [2.45, 2.75) is 24.0 Å². The Morgan fingerprint density at radius 2 is 1.55 bits per heavy atom. The lowest BCUT2D eigenvalue weighted by Gasteiger charge is -2.23. The molecule has 0 bridgehead atoms. The van der Waals surface area contributed by atoms with Crippen molar-refractivity contribution in [2.75, 3.05) is 0 Å². The first-order valence-corrected chi connectivity index (χ1v) is 13.1. The van der Waals surface area contributed by atoms with Crippen LogP contribution >= 0.6 is 0 Å². The average molecular weight is 572 g/mol. The van der Waals surface area contributed by atoms with Gasteiger partial charge in [0.15, 0.2) is 5.78 Å². The number of hydrogen-bond donors (Lipinski definition) is 1. The first-order valence-electron chi connectivity index (χ1n) is 11.6. The number of nitrogens with two attached hydrogens (primary N) is 1. The molecule has 0 fully saturated rings. The normalized spacial score (nSPS) is 13.2. The van der Waals surface area contributed by atoms with E-state index in [0.29, 0.717) is 6.07 Å². The lowest BCUT2D eigenvalue weighted by Crippen LogP contribution is -2.37. The van der Waals surface area contributed by atoms with Gasteiger partial charge in [0.05, 0.1) is 10.5 Å². The Morgan fingerprint density at radius 3 is 2.15 bits per heavy atom. The Morgan fingerprint density at radius 1 is 0.900 bits per heavy atom. The number of alkyl halides is 3. The van der Waals surface area contributed by atoms with E-state index in [0.717, 1.165) is 28.5 Å². The van der Waals surface area contributed by atoms with Gasteiger partial charge in [0.1, 0.15) is 17.3 Å². The molecule has 1 unspecified atom stereocenters. The molecule has 40 heavy (non-hydrogen) atoms. The molecular formula is C28H21F4N3O4S. The van der Waals surface area contributed by atoms with E-state index >= 15 is 0 Å². The van der Waals surface area contributed by atoms with Gasteiger partial charge in [-0.05, 0) is 48.9 Å². The lowest BCUT2D eigenvalue weighted by atomic mass is 9.98. The van der Waals surface area contributed by atoms with Crippen molar-refractivity contribution in [3.05, 3.63) is 130 Å². The van der Waals surface area contributed by atoms with Gasteiger partial charge >= 0.3 is 6.18 Å². The summed E-state index contributed by atoms with van der Waals surface area (Å²) in [4.78, 5) is 25.6. The van der Waals surface area contributed by atoms with Gasteiger partial charge in [0, 0.05) is 17.3 Å². The molecule has 0 aliphatic carbocycles. The summed E-state index contributed by atoms with van der Waals surface area (Å²) >= 11 is 0. The molecule has 1 atom stereocenters. The van der Waals surface area contributed by atoms with Crippen LogP contribution in [0.3, 0.4) is 0 Å². The average Bonchev–Trinajstić information content (AvgIpc) is 2.90. The van der Waals surface area contributed by atoms with Crippen molar-refractivity contribution in [3.63, 3.8) is 0 Å². The predicted molar refractivity (Wildman–Crippen MR) is 137 cm³/mol. The van der Waals surface area contributed by atoms with E-state index in [-0.39, 0.29) is 22.1 Å². The molecule has 1 amide bonds. The number of sulfonamides is 1. The topological polar surface area (TPSA) is 112 Å². The summed E-state index contributed by atoms with van der Waals surface area (Å²) in [7, 11) is -4.44.